The predicted molar refractivity (Wildman–Crippen MR) is 57.0 cm³/mol. The van der Waals surface area contributed by atoms with Crippen LogP contribution in [0.4, 0.5) is 0 Å². The Kier molecular flexibility index (Phi) is 2.35. The fourth-order valence-corrected chi connectivity index (χ4v) is 3.00. The molecule has 1 aliphatic rings. The van der Waals surface area contributed by atoms with Gasteiger partial charge in [-0.2, -0.15) is 11.8 Å². The summed E-state index contributed by atoms with van der Waals surface area (Å²) in [5.41, 5.74) is 5.07. The molecule has 1 atom stereocenters. The number of fused-ring (bicyclic) bond motifs is 1. The second kappa shape index (κ2) is 3.35. The van der Waals surface area contributed by atoms with Crippen LogP contribution in [0.25, 0.3) is 0 Å². The third-order valence-electron chi connectivity index (χ3n) is 2.66. The highest BCUT2D eigenvalue weighted by Crippen LogP contribution is 2.35. The van der Waals surface area contributed by atoms with Gasteiger partial charge in [-0.15, -0.1) is 0 Å². The summed E-state index contributed by atoms with van der Waals surface area (Å²) in [4.78, 5) is 0. The average molecular weight is 194 g/mol. The molecule has 0 aliphatic carbocycles. The monoisotopic (exact) mass is 194 g/mol. The molecular weight excluding hydrogens is 180 g/mol. The molecule has 0 saturated heterocycles. The first-order valence-corrected chi connectivity index (χ1v) is 5.70. The average Bonchev–Trinajstić information content (AvgIpc) is 2.12. The van der Waals surface area contributed by atoms with Gasteiger partial charge in [-0.1, -0.05) is 12.1 Å². The van der Waals surface area contributed by atoms with Crippen molar-refractivity contribution in [3.63, 3.8) is 0 Å². The number of aliphatic hydroxyl groups excluding tert-OH is 1. The zero-order valence-electron chi connectivity index (χ0n) is 8.00. The largest absolute Gasteiger partial charge is 0.388 e. The van der Waals surface area contributed by atoms with E-state index in [4.69, 9.17) is 0 Å². The molecule has 1 heterocycles. The number of aryl methyl sites for hydroxylation is 2. The van der Waals surface area contributed by atoms with Crippen LogP contribution in [0.1, 0.15) is 28.4 Å². The van der Waals surface area contributed by atoms with E-state index in [1.807, 2.05) is 11.8 Å². The Hall–Kier alpha value is -0.470. The van der Waals surface area contributed by atoms with Crippen LogP contribution in [0, 0.1) is 13.8 Å². The molecule has 0 spiro atoms. The van der Waals surface area contributed by atoms with E-state index >= 15 is 0 Å². The van der Waals surface area contributed by atoms with Crippen molar-refractivity contribution in [2.24, 2.45) is 0 Å². The third-order valence-corrected chi connectivity index (χ3v) is 3.71. The summed E-state index contributed by atoms with van der Waals surface area (Å²) in [5.74, 6) is 1.90. The van der Waals surface area contributed by atoms with Gasteiger partial charge in [0.1, 0.15) is 0 Å². The van der Waals surface area contributed by atoms with Gasteiger partial charge in [0.25, 0.3) is 0 Å². The van der Waals surface area contributed by atoms with Crippen LogP contribution in [-0.2, 0) is 5.75 Å². The Morgan fingerprint density at radius 2 is 2.00 bits per heavy atom. The lowest BCUT2D eigenvalue weighted by Crippen LogP contribution is -2.12. The first-order chi connectivity index (χ1) is 6.20. The molecular formula is C11H14OS. The maximum Gasteiger partial charge on any atom is 0.0886 e. The molecule has 1 nitrogen and oxygen atoms in total. The van der Waals surface area contributed by atoms with Crippen molar-refractivity contribution in [3.05, 3.63) is 34.4 Å². The third kappa shape index (κ3) is 1.49. The quantitative estimate of drug-likeness (QED) is 0.685. The van der Waals surface area contributed by atoms with Gasteiger partial charge >= 0.3 is 0 Å². The Labute approximate surface area is 83.2 Å². The zero-order valence-corrected chi connectivity index (χ0v) is 8.82. The molecule has 0 aromatic heterocycles. The van der Waals surface area contributed by atoms with Crippen LogP contribution < -0.4 is 0 Å². The molecule has 0 amide bonds. The van der Waals surface area contributed by atoms with Crippen molar-refractivity contribution in [2.75, 3.05) is 5.75 Å². The van der Waals surface area contributed by atoms with Crippen LogP contribution in [0.5, 0.6) is 0 Å². The minimum absolute atomic E-state index is 0.256. The normalized spacial score (nSPS) is 21.3. The molecule has 0 unspecified atom stereocenters. The van der Waals surface area contributed by atoms with Crippen molar-refractivity contribution in [3.8, 4) is 0 Å². The summed E-state index contributed by atoms with van der Waals surface area (Å²) in [6.45, 7) is 4.20. The Bertz CT molecular complexity index is 333. The Balaban J connectivity index is 2.60. The van der Waals surface area contributed by atoms with E-state index in [-0.39, 0.29) is 6.10 Å². The summed E-state index contributed by atoms with van der Waals surface area (Å²) >= 11 is 1.82. The molecule has 2 heteroatoms. The molecule has 1 aromatic rings. The van der Waals surface area contributed by atoms with Gasteiger partial charge in [0.05, 0.1) is 6.10 Å². The molecule has 0 bridgehead atoms. The van der Waals surface area contributed by atoms with Crippen LogP contribution in [0.15, 0.2) is 12.1 Å². The standard InChI is InChI=1S/C11H14OS/c1-7-3-4-8(2)11-9(7)5-13-6-10(11)12/h3-4,10,12H,5-6H2,1-2H3/t10-/m1/s1. The fourth-order valence-electron chi connectivity index (χ4n) is 1.90. The van der Waals surface area contributed by atoms with Gasteiger partial charge in [0.15, 0.2) is 0 Å². The van der Waals surface area contributed by atoms with E-state index < -0.39 is 0 Å². The molecule has 1 aromatic carbocycles. The highest BCUT2D eigenvalue weighted by atomic mass is 32.2. The van der Waals surface area contributed by atoms with E-state index in [1.54, 1.807) is 0 Å². The van der Waals surface area contributed by atoms with Crippen molar-refractivity contribution in [1.82, 2.24) is 0 Å². The van der Waals surface area contributed by atoms with E-state index in [2.05, 4.69) is 26.0 Å². The molecule has 0 saturated carbocycles. The summed E-state index contributed by atoms with van der Waals surface area (Å²) in [5, 5.41) is 9.85. The molecule has 2 rings (SSSR count). The van der Waals surface area contributed by atoms with Crippen molar-refractivity contribution >= 4 is 11.8 Å². The van der Waals surface area contributed by atoms with E-state index in [9.17, 15) is 5.11 Å². The Morgan fingerprint density at radius 1 is 1.31 bits per heavy atom. The summed E-state index contributed by atoms with van der Waals surface area (Å²) in [6, 6.07) is 4.25. The smallest absolute Gasteiger partial charge is 0.0886 e. The van der Waals surface area contributed by atoms with Crippen LogP contribution in [-0.4, -0.2) is 10.9 Å². The van der Waals surface area contributed by atoms with Gasteiger partial charge in [-0.3, -0.25) is 0 Å². The lowest BCUT2D eigenvalue weighted by atomic mass is 9.94. The van der Waals surface area contributed by atoms with Crippen LogP contribution >= 0.6 is 11.8 Å². The van der Waals surface area contributed by atoms with Gasteiger partial charge in [-0.05, 0) is 36.1 Å². The first kappa shape index (κ1) is 9.10. The Morgan fingerprint density at radius 3 is 2.69 bits per heavy atom. The van der Waals surface area contributed by atoms with Crippen molar-refractivity contribution < 1.29 is 5.11 Å². The number of benzene rings is 1. The highest BCUT2D eigenvalue weighted by Gasteiger charge is 2.21. The van der Waals surface area contributed by atoms with Crippen molar-refractivity contribution in [1.29, 1.82) is 0 Å². The van der Waals surface area contributed by atoms with Crippen LogP contribution in [0.3, 0.4) is 0 Å². The summed E-state index contributed by atoms with van der Waals surface area (Å²) < 4.78 is 0. The van der Waals surface area contributed by atoms with Gasteiger partial charge in [-0.25, -0.2) is 0 Å². The van der Waals surface area contributed by atoms with Gasteiger partial charge in [0.2, 0.25) is 0 Å². The molecule has 70 valence electrons. The number of hydrogen-bond acceptors (Lipinski definition) is 2. The number of aliphatic hydroxyl groups is 1. The second-order valence-electron chi connectivity index (χ2n) is 3.62. The maximum atomic E-state index is 9.85. The lowest BCUT2D eigenvalue weighted by Gasteiger charge is -2.24. The molecule has 0 radical (unpaired) electrons. The zero-order chi connectivity index (χ0) is 9.42. The predicted octanol–water partition coefficient (Wildman–Crippen LogP) is 2.58. The molecule has 13 heavy (non-hydrogen) atoms. The van der Waals surface area contributed by atoms with Crippen LogP contribution in [0.2, 0.25) is 0 Å². The van der Waals surface area contributed by atoms with E-state index in [0.717, 1.165) is 11.5 Å². The number of thioether (sulfide) groups is 1. The van der Waals surface area contributed by atoms with Crippen molar-refractivity contribution in [2.45, 2.75) is 25.7 Å². The van der Waals surface area contributed by atoms with E-state index in [1.165, 1.54) is 22.3 Å². The number of rotatable bonds is 0. The second-order valence-corrected chi connectivity index (χ2v) is 4.65. The maximum absolute atomic E-state index is 9.85. The van der Waals surface area contributed by atoms with E-state index in [0.29, 0.717) is 0 Å². The molecule has 0 fully saturated rings. The SMILES string of the molecule is Cc1ccc(C)c2c1CSC[C@H]2O. The summed E-state index contributed by atoms with van der Waals surface area (Å²) in [7, 11) is 0. The highest BCUT2D eigenvalue weighted by molar-refractivity contribution is 7.98. The minimum Gasteiger partial charge on any atom is -0.388 e. The molecule has 1 N–H and O–H groups in total. The minimum atomic E-state index is -0.256. The molecule has 1 aliphatic heterocycles. The lowest BCUT2D eigenvalue weighted by molar-refractivity contribution is 0.201. The number of hydrogen-bond donors (Lipinski definition) is 1. The fraction of sp³-hybridized carbons (Fsp3) is 0.455. The van der Waals surface area contributed by atoms with Gasteiger partial charge < -0.3 is 5.11 Å². The first-order valence-electron chi connectivity index (χ1n) is 4.55. The summed E-state index contributed by atoms with van der Waals surface area (Å²) in [6.07, 6.45) is -0.256. The topological polar surface area (TPSA) is 20.2 Å². The van der Waals surface area contributed by atoms with Gasteiger partial charge in [0, 0.05) is 11.5 Å².